The number of benzene rings is 15. The minimum absolute atomic E-state index is 0.103. The Hall–Kier alpha value is -12.2. The fourth-order valence-corrected chi connectivity index (χ4v) is 17.5. The molecule has 0 saturated heterocycles. The average molecular weight is 1320 g/mol. The van der Waals surface area contributed by atoms with Gasteiger partial charge in [-0.05, 0) is 148 Å². The molecule has 0 amide bonds. The summed E-state index contributed by atoms with van der Waals surface area (Å²) in [5.74, 6) is 0. The van der Waals surface area contributed by atoms with E-state index < -0.39 is 5.41 Å². The van der Waals surface area contributed by atoms with E-state index in [4.69, 9.17) is 0 Å². The Morgan fingerprint density at radius 3 is 1.12 bits per heavy atom. The van der Waals surface area contributed by atoms with Crippen molar-refractivity contribution in [3.63, 3.8) is 0 Å². The van der Waals surface area contributed by atoms with Gasteiger partial charge in [0.05, 0.1) is 27.8 Å². The quantitative estimate of drug-likeness (QED) is 0.126. The van der Waals surface area contributed by atoms with Crippen LogP contribution in [0.4, 0.5) is 34.1 Å². The molecule has 1 aliphatic carbocycles. The van der Waals surface area contributed by atoms with Crippen molar-refractivity contribution in [3.8, 4) is 72.4 Å². The van der Waals surface area contributed by atoms with E-state index in [1.807, 2.05) is 0 Å². The fourth-order valence-electron chi connectivity index (χ4n) is 17.5. The second-order valence-electron chi connectivity index (χ2n) is 30.3. The van der Waals surface area contributed by atoms with Crippen LogP contribution in [0.1, 0.15) is 74.9 Å². The van der Waals surface area contributed by atoms with Crippen LogP contribution in [-0.4, -0.2) is 11.3 Å². The monoisotopic (exact) mass is 1320 g/mol. The third-order valence-electron chi connectivity index (χ3n) is 22.4. The van der Waals surface area contributed by atoms with Gasteiger partial charge in [-0.15, -0.1) is 0 Å². The first-order chi connectivity index (χ1) is 50.4. The van der Waals surface area contributed by atoms with Crippen LogP contribution in [-0.2, 0) is 16.2 Å². The average Bonchev–Trinajstić information content (AvgIpc) is 1.64. The van der Waals surface area contributed by atoms with Crippen LogP contribution in [0.3, 0.4) is 0 Å². The number of para-hydroxylation sites is 2. The van der Waals surface area contributed by atoms with Gasteiger partial charge in [-0.2, -0.15) is 0 Å². The highest BCUT2D eigenvalue weighted by Crippen LogP contribution is 2.60. The van der Waals surface area contributed by atoms with Gasteiger partial charge in [0.15, 0.2) is 0 Å². The summed E-state index contributed by atoms with van der Waals surface area (Å²) in [7, 11) is 0. The number of hydrogen-bond acceptors (Lipinski definition) is 2. The molecule has 103 heavy (non-hydrogen) atoms. The van der Waals surface area contributed by atoms with Crippen LogP contribution in [0.25, 0.3) is 94.3 Å². The first-order valence-corrected chi connectivity index (χ1v) is 36.3. The summed E-state index contributed by atoms with van der Waals surface area (Å²) in [6, 6.07) is 134. The van der Waals surface area contributed by atoms with Crippen molar-refractivity contribution in [3.05, 3.63) is 385 Å². The highest BCUT2D eigenvalue weighted by molar-refractivity contribution is 7.00. The maximum atomic E-state index is 2.74. The van der Waals surface area contributed by atoms with Crippen molar-refractivity contribution < 1.29 is 0 Å². The molecule has 3 aliphatic rings. The van der Waals surface area contributed by atoms with Gasteiger partial charge in [-0.3, -0.25) is 0 Å². The number of fused-ring (bicyclic) bond motifs is 10. The molecule has 19 rings (SSSR count). The lowest BCUT2D eigenvalue weighted by Crippen LogP contribution is -2.61. The van der Waals surface area contributed by atoms with E-state index in [9.17, 15) is 0 Å². The second kappa shape index (κ2) is 24.0. The molecular formula is C99H76BN3. The number of nitrogens with zero attached hydrogens (tertiary/aromatic N) is 3. The lowest BCUT2D eigenvalue weighted by molar-refractivity contribution is 0.591. The Kier molecular flexibility index (Phi) is 14.4. The van der Waals surface area contributed by atoms with Gasteiger partial charge >= 0.3 is 0 Å². The Morgan fingerprint density at radius 1 is 0.272 bits per heavy atom. The van der Waals surface area contributed by atoms with Gasteiger partial charge in [0.1, 0.15) is 0 Å². The third kappa shape index (κ3) is 9.79. The van der Waals surface area contributed by atoms with Gasteiger partial charge in [-0.1, -0.05) is 351 Å². The molecule has 0 spiro atoms. The van der Waals surface area contributed by atoms with E-state index in [1.165, 1.54) is 93.8 Å². The number of aromatic nitrogens is 1. The van der Waals surface area contributed by atoms with Gasteiger partial charge < -0.3 is 14.4 Å². The Labute approximate surface area is 605 Å². The summed E-state index contributed by atoms with van der Waals surface area (Å²) < 4.78 is 2.60. The van der Waals surface area contributed by atoms with Crippen LogP contribution in [0, 0.1) is 0 Å². The maximum Gasteiger partial charge on any atom is 0.252 e. The highest BCUT2D eigenvalue weighted by atomic mass is 15.2. The van der Waals surface area contributed by atoms with Crippen molar-refractivity contribution >= 4 is 79.0 Å². The van der Waals surface area contributed by atoms with E-state index in [0.717, 1.165) is 84.3 Å². The van der Waals surface area contributed by atoms with E-state index in [1.54, 1.807) is 0 Å². The SMILES string of the molecule is CC(C)(C)c1ccc2c3ccc(C(C)(C)C)cc3n(-c3ccc4c(c3)N(c3c(-c5ccccc5)cccc3-c3ccccc3)c3cc(C5(c6ccccc6)c6ccccc6-c6ccccc65)cc5c3B4c3cc(-c4ccccc4)ccc3N5c3c(-c4ccccc4)cccc3-c3ccccc3)c2c1. The van der Waals surface area contributed by atoms with Crippen LogP contribution >= 0.6 is 0 Å². The molecule has 0 radical (unpaired) electrons. The topological polar surface area (TPSA) is 11.4 Å². The van der Waals surface area contributed by atoms with E-state index in [-0.39, 0.29) is 17.5 Å². The summed E-state index contributed by atoms with van der Waals surface area (Å²) in [6.45, 7) is 13.7. The lowest BCUT2D eigenvalue weighted by Gasteiger charge is -2.47. The maximum absolute atomic E-state index is 2.74. The molecule has 1 aromatic heterocycles. The number of anilines is 6. The minimum atomic E-state index is -0.812. The molecule has 0 bridgehead atoms. The normalized spacial score (nSPS) is 13.4. The van der Waals surface area contributed by atoms with Crippen molar-refractivity contribution in [1.29, 1.82) is 0 Å². The zero-order valence-electron chi connectivity index (χ0n) is 58.9. The van der Waals surface area contributed by atoms with Gasteiger partial charge in [0, 0.05) is 61.5 Å². The third-order valence-corrected chi connectivity index (χ3v) is 22.4. The first kappa shape index (κ1) is 61.8. The Morgan fingerprint density at radius 2 is 0.670 bits per heavy atom. The molecule has 2 aliphatic heterocycles. The van der Waals surface area contributed by atoms with Crippen LogP contribution in [0.5, 0.6) is 0 Å². The zero-order chi connectivity index (χ0) is 69.3. The zero-order valence-corrected chi connectivity index (χ0v) is 58.9. The summed E-state index contributed by atoms with van der Waals surface area (Å²) >= 11 is 0. The van der Waals surface area contributed by atoms with Gasteiger partial charge in [-0.25, -0.2) is 0 Å². The molecule has 0 N–H and O–H groups in total. The number of hydrogen-bond donors (Lipinski definition) is 0. The van der Waals surface area contributed by atoms with Crippen molar-refractivity contribution in [2.45, 2.75) is 57.8 Å². The summed E-state index contributed by atoms with van der Waals surface area (Å²) in [5.41, 5.74) is 34.2. The number of rotatable bonds is 10. The molecule has 0 saturated carbocycles. The lowest BCUT2D eigenvalue weighted by atomic mass is 9.33. The summed E-state index contributed by atoms with van der Waals surface area (Å²) in [6.07, 6.45) is 0. The Bertz CT molecular complexity index is 5770. The van der Waals surface area contributed by atoms with E-state index >= 15 is 0 Å². The second-order valence-corrected chi connectivity index (χ2v) is 30.3. The molecule has 3 nitrogen and oxygen atoms in total. The molecule has 4 heteroatoms. The van der Waals surface area contributed by atoms with E-state index in [2.05, 4.69) is 408 Å². The molecule has 0 unspecified atom stereocenters. The van der Waals surface area contributed by atoms with E-state index in [0.29, 0.717) is 0 Å². The first-order valence-electron chi connectivity index (χ1n) is 36.3. The minimum Gasteiger partial charge on any atom is -0.310 e. The van der Waals surface area contributed by atoms with Gasteiger partial charge in [0.2, 0.25) is 0 Å². The Balaban J connectivity index is 1.03. The molecule has 16 aromatic rings. The predicted octanol–water partition coefficient (Wildman–Crippen LogP) is 24.2. The molecular weight excluding hydrogens is 1240 g/mol. The fraction of sp³-hybridized carbons (Fsp3) is 0.0909. The molecule has 0 atom stereocenters. The largest absolute Gasteiger partial charge is 0.310 e. The summed E-state index contributed by atoms with van der Waals surface area (Å²) in [5, 5.41) is 2.48. The molecule has 490 valence electrons. The highest BCUT2D eigenvalue weighted by Gasteiger charge is 2.51. The molecule has 0 fully saturated rings. The van der Waals surface area contributed by atoms with Crippen molar-refractivity contribution in [2.75, 3.05) is 9.80 Å². The van der Waals surface area contributed by atoms with Crippen LogP contribution in [0.15, 0.2) is 352 Å². The predicted molar refractivity (Wildman–Crippen MR) is 437 cm³/mol. The summed E-state index contributed by atoms with van der Waals surface area (Å²) in [4.78, 5) is 5.45. The van der Waals surface area contributed by atoms with Gasteiger partial charge in [0.25, 0.3) is 6.71 Å². The van der Waals surface area contributed by atoms with Crippen molar-refractivity contribution in [1.82, 2.24) is 4.57 Å². The molecule has 3 heterocycles. The van der Waals surface area contributed by atoms with Crippen LogP contribution in [0.2, 0.25) is 0 Å². The smallest absolute Gasteiger partial charge is 0.252 e. The van der Waals surface area contributed by atoms with Crippen molar-refractivity contribution in [2.24, 2.45) is 0 Å². The van der Waals surface area contributed by atoms with Crippen LogP contribution < -0.4 is 26.2 Å². The molecule has 15 aromatic carbocycles. The standard InChI is InChI=1S/C99H76BN3/c1-97(2,3)72-52-55-82-83-56-53-73(98(4,5)6)61-90(83)101(89(82)60-72)75-54-57-86-91(64-75)103(96-78(68-37-19-10-20-38-68)47-30-48-79(96)69-39-21-11-22-40-69)93-63-74(99(71-41-23-12-24-42-71)84-49-27-25-43-80(84)81-44-26-28-50-85(81)99)62-92-94(93)100(86)87-59-70(65-31-13-7-14-32-65)51-58-88(87)102(92)95-76(66-33-15-8-16-34-66)45-29-46-77(95)67-35-17-9-18-36-67/h7-64H,1-6H3.